The Balaban J connectivity index is 1.94. The number of nitrogens with zero attached hydrogens (tertiary/aromatic N) is 3. The van der Waals surface area contributed by atoms with Crippen LogP contribution in [0.5, 0.6) is 0 Å². The monoisotopic (exact) mass is 251 g/mol. The first-order chi connectivity index (χ1) is 8.60. The van der Waals surface area contributed by atoms with Gasteiger partial charge in [0.1, 0.15) is 5.78 Å². The van der Waals surface area contributed by atoms with Gasteiger partial charge in [-0.25, -0.2) is 0 Å². The van der Waals surface area contributed by atoms with E-state index in [9.17, 15) is 4.79 Å². The molecule has 2 heterocycles. The number of hydrogen-bond acceptors (Lipinski definition) is 5. The summed E-state index contributed by atoms with van der Waals surface area (Å²) >= 11 is 0. The Morgan fingerprint density at radius 1 is 1.50 bits per heavy atom. The highest BCUT2D eigenvalue weighted by Crippen LogP contribution is 2.18. The number of piperidine rings is 1. The summed E-state index contributed by atoms with van der Waals surface area (Å²) in [6.45, 7) is 8.44. The molecule has 1 fully saturated rings. The van der Waals surface area contributed by atoms with Crippen molar-refractivity contribution in [3.05, 3.63) is 11.7 Å². The van der Waals surface area contributed by atoms with Gasteiger partial charge in [-0.3, -0.25) is 9.69 Å². The second-order valence-corrected chi connectivity index (χ2v) is 5.26. The van der Waals surface area contributed by atoms with Crippen molar-refractivity contribution in [1.29, 1.82) is 0 Å². The van der Waals surface area contributed by atoms with Gasteiger partial charge in [0.15, 0.2) is 5.82 Å². The van der Waals surface area contributed by atoms with Crippen molar-refractivity contribution in [1.82, 2.24) is 15.0 Å². The molecule has 5 heteroatoms. The molecule has 0 aromatic carbocycles. The summed E-state index contributed by atoms with van der Waals surface area (Å²) in [6, 6.07) is 0. The van der Waals surface area contributed by atoms with E-state index in [1.165, 1.54) is 0 Å². The van der Waals surface area contributed by atoms with Crippen LogP contribution < -0.4 is 0 Å². The highest BCUT2D eigenvalue weighted by Gasteiger charge is 2.26. The van der Waals surface area contributed by atoms with Gasteiger partial charge in [0, 0.05) is 31.3 Å². The standard InChI is InChI=1S/C13H21N3O2/c1-4-10-7-16(6-5-11(10)17)8-12-14-13(9(2)3)18-15-12/h9-10H,4-8H2,1-3H3. The topological polar surface area (TPSA) is 59.2 Å². The molecule has 1 atom stereocenters. The molecule has 5 nitrogen and oxygen atoms in total. The zero-order chi connectivity index (χ0) is 13.1. The molecule has 0 aliphatic carbocycles. The number of likely N-dealkylation sites (tertiary alicyclic amines) is 1. The van der Waals surface area contributed by atoms with Crippen LogP contribution in [-0.4, -0.2) is 33.9 Å². The van der Waals surface area contributed by atoms with Gasteiger partial charge in [0.25, 0.3) is 0 Å². The Morgan fingerprint density at radius 3 is 2.89 bits per heavy atom. The maximum atomic E-state index is 11.6. The molecule has 1 unspecified atom stereocenters. The molecule has 0 radical (unpaired) electrons. The molecule has 0 spiro atoms. The van der Waals surface area contributed by atoms with E-state index < -0.39 is 0 Å². The lowest BCUT2D eigenvalue weighted by molar-refractivity contribution is -0.126. The average Bonchev–Trinajstić information content (AvgIpc) is 2.80. The molecule has 1 aromatic heterocycles. The first-order valence-corrected chi connectivity index (χ1v) is 6.67. The Morgan fingerprint density at radius 2 is 2.28 bits per heavy atom. The van der Waals surface area contributed by atoms with E-state index in [1.807, 2.05) is 13.8 Å². The van der Waals surface area contributed by atoms with Gasteiger partial charge in [-0.05, 0) is 6.42 Å². The SMILES string of the molecule is CCC1CN(Cc2noc(C(C)C)n2)CCC1=O. The van der Waals surface area contributed by atoms with Crippen LogP contribution >= 0.6 is 0 Å². The maximum absolute atomic E-state index is 11.6. The van der Waals surface area contributed by atoms with Crippen LogP contribution in [0.2, 0.25) is 0 Å². The quantitative estimate of drug-likeness (QED) is 0.819. The largest absolute Gasteiger partial charge is 0.339 e. The van der Waals surface area contributed by atoms with Gasteiger partial charge < -0.3 is 4.52 Å². The number of carbonyl (C=O) groups excluding carboxylic acids is 1. The van der Waals surface area contributed by atoms with E-state index >= 15 is 0 Å². The van der Waals surface area contributed by atoms with Crippen molar-refractivity contribution >= 4 is 5.78 Å². The molecule has 1 saturated heterocycles. The zero-order valence-corrected chi connectivity index (χ0v) is 11.3. The number of aromatic nitrogens is 2. The van der Waals surface area contributed by atoms with Crippen molar-refractivity contribution in [3.8, 4) is 0 Å². The third-order valence-electron chi connectivity index (χ3n) is 3.44. The smallest absolute Gasteiger partial charge is 0.229 e. The fourth-order valence-electron chi connectivity index (χ4n) is 2.24. The van der Waals surface area contributed by atoms with Crippen LogP contribution in [0.1, 0.15) is 51.2 Å². The van der Waals surface area contributed by atoms with Crippen molar-refractivity contribution in [3.63, 3.8) is 0 Å². The minimum atomic E-state index is 0.176. The van der Waals surface area contributed by atoms with Crippen molar-refractivity contribution in [2.75, 3.05) is 13.1 Å². The molecule has 0 saturated carbocycles. The molecule has 0 N–H and O–H groups in total. The summed E-state index contributed by atoms with van der Waals surface area (Å²) in [6.07, 6.45) is 1.56. The Kier molecular flexibility index (Phi) is 4.11. The van der Waals surface area contributed by atoms with E-state index in [-0.39, 0.29) is 11.8 Å². The average molecular weight is 251 g/mol. The molecular weight excluding hydrogens is 230 g/mol. The number of carbonyl (C=O) groups is 1. The Labute approximate surface area is 108 Å². The predicted octanol–water partition coefficient (Wildman–Crippen LogP) is 1.99. The van der Waals surface area contributed by atoms with E-state index in [2.05, 4.69) is 22.0 Å². The summed E-state index contributed by atoms with van der Waals surface area (Å²) in [5.41, 5.74) is 0. The molecule has 2 rings (SSSR count). The highest BCUT2D eigenvalue weighted by atomic mass is 16.5. The molecule has 1 aliphatic rings. The fraction of sp³-hybridized carbons (Fsp3) is 0.769. The zero-order valence-electron chi connectivity index (χ0n) is 11.3. The van der Waals surface area contributed by atoms with Gasteiger partial charge in [-0.1, -0.05) is 25.9 Å². The first kappa shape index (κ1) is 13.2. The van der Waals surface area contributed by atoms with Gasteiger partial charge in [-0.15, -0.1) is 0 Å². The minimum absolute atomic E-state index is 0.176. The van der Waals surface area contributed by atoms with Gasteiger partial charge in [-0.2, -0.15) is 4.98 Å². The number of Topliss-reactive ketones (excluding diaryl/α,β-unsaturated/α-hetero) is 1. The molecule has 1 aromatic rings. The fourth-order valence-corrected chi connectivity index (χ4v) is 2.24. The number of hydrogen-bond donors (Lipinski definition) is 0. The normalized spacial score (nSPS) is 21.8. The van der Waals surface area contributed by atoms with E-state index in [1.54, 1.807) is 0 Å². The lowest BCUT2D eigenvalue weighted by atomic mass is 9.94. The lowest BCUT2D eigenvalue weighted by Crippen LogP contribution is -2.40. The number of rotatable bonds is 4. The summed E-state index contributed by atoms with van der Waals surface area (Å²) < 4.78 is 5.19. The van der Waals surface area contributed by atoms with Crippen molar-refractivity contribution in [2.45, 2.75) is 46.1 Å². The van der Waals surface area contributed by atoms with Crippen LogP contribution in [0, 0.1) is 5.92 Å². The van der Waals surface area contributed by atoms with E-state index in [4.69, 9.17) is 4.52 Å². The molecule has 18 heavy (non-hydrogen) atoms. The third kappa shape index (κ3) is 2.96. The van der Waals surface area contributed by atoms with Crippen LogP contribution in [0.3, 0.4) is 0 Å². The molecule has 0 bridgehead atoms. The summed E-state index contributed by atoms with van der Waals surface area (Å²) in [5, 5.41) is 3.99. The molecule has 100 valence electrons. The van der Waals surface area contributed by atoms with Crippen molar-refractivity contribution in [2.24, 2.45) is 5.92 Å². The second-order valence-electron chi connectivity index (χ2n) is 5.26. The maximum Gasteiger partial charge on any atom is 0.229 e. The van der Waals surface area contributed by atoms with Crippen LogP contribution in [-0.2, 0) is 11.3 Å². The molecular formula is C13H21N3O2. The number of ketones is 1. The van der Waals surface area contributed by atoms with Crippen LogP contribution in [0.15, 0.2) is 4.52 Å². The van der Waals surface area contributed by atoms with Gasteiger partial charge in [0.2, 0.25) is 5.89 Å². The van der Waals surface area contributed by atoms with E-state index in [0.29, 0.717) is 24.6 Å². The molecule has 0 amide bonds. The summed E-state index contributed by atoms with van der Waals surface area (Å²) in [4.78, 5) is 18.3. The summed E-state index contributed by atoms with van der Waals surface area (Å²) in [7, 11) is 0. The lowest BCUT2D eigenvalue weighted by Gasteiger charge is -2.30. The second kappa shape index (κ2) is 5.61. The van der Waals surface area contributed by atoms with E-state index in [0.717, 1.165) is 25.3 Å². The van der Waals surface area contributed by atoms with Gasteiger partial charge >= 0.3 is 0 Å². The summed E-state index contributed by atoms with van der Waals surface area (Å²) in [5.74, 6) is 2.24. The van der Waals surface area contributed by atoms with Crippen LogP contribution in [0.25, 0.3) is 0 Å². The Hall–Kier alpha value is -1.23. The highest BCUT2D eigenvalue weighted by molar-refractivity contribution is 5.82. The first-order valence-electron chi connectivity index (χ1n) is 6.67. The minimum Gasteiger partial charge on any atom is -0.339 e. The van der Waals surface area contributed by atoms with Crippen molar-refractivity contribution < 1.29 is 9.32 Å². The predicted molar refractivity (Wildman–Crippen MR) is 67.1 cm³/mol. The van der Waals surface area contributed by atoms with Gasteiger partial charge in [0.05, 0.1) is 6.54 Å². The Bertz CT molecular complexity index is 414. The third-order valence-corrected chi connectivity index (χ3v) is 3.44. The van der Waals surface area contributed by atoms with Crippen LogP contribution in [0.4, 0.5) is 0 Å². The molecule has 1 aliphatic heterocycles.